The fraction of sp³-hybridized carbons (Fsp3) is 0.211. The SMILES string of the molecule is CCOc1ccc2c(sc(=NC(=O)c3cccc(Cl)c3)n2C(C)C(=O)O)c1F. The fourth-order valence-electron chi connectivity index (χ4n) is 2.66. The van der Waals surface area contributed by atoms with Gasteiger partial charge in [-0.15, -0.1) is 0 Å². The molecule has 146 valence electrons. The van der Waals surface area contributed by atoms with E-state index in [2.05, 4.69) is 4.99 Å². The summed E-state index contributed by atoms with van der Waals surface area (Å²) in [6, 6.07) is 8.16. The highest BCUT2D eigenvalue weighted by molar-refractivity contribution is 7.16. The average molecular weight is 423 g/mol. The van der Waals surface area contributed by atoms with Gasteiger partial charge in [0.05, 0.1) is 16.8 Å². The summed E-state index contributed by atoms with van der Waals surface area (Å²) in [5.41, 5.74) is 0.563. The summed E-state index contributed by atoms with van der Waals surface area (Å²) in [6.07, 6.45) is 0. The first-order valence-electron chi connectivity index (χ1n) is 8.37. The molecular weight excluding hydrogens is 407 g/mol. The maximum atomic E-state index is 14.8. The lowest BCUT2D eigenvalue weighted by atomic mass is 10.2. The molecule has 1 N–H and O–H groups in total. The molecule has 1 aromatic heterocycles. The molecule has 1 heterocycles. The molecular formula is C19H16ClFN2O4S. The van der Waals surface area contributed by atoms with E-state index < -0.39 is 23.7 Å². The number of rotatable bonds is 5. The Morgan fingerprint density at radius 1 is 1.36 bits per heavy atom. The number of aliphatic carboxylic acids is 1. The molecule has 0 saturated carbocycles. The van der Waals surface area contributed by atoms with Crippen molar-refractivity contribution in [2.45, 2.75) is 19.9 Å². The van der Waals surface area contributed by atoms with E-state index in [1.807, 2.05) is 0 Å². The van der Waals surface area contributed by atoms with E-state index in [0.29, 0.717) is 10.5 Å². The highest BCUT2D eigenvalue weighted by atomic mass is 35.5. The van der Waals surface area contributed by atoms with Crippen molar-refractivity contribution < 1.29 is 23.8 Å². The molecule has 3 rings (SSSR count). The zero-order valence-corrected chi connectivity index (χ0v) is 16.6. The molecule has 28 heavy (non-hydrogen) atoms. The van der Waals surface area contributed by atoms with Crippen molar-refractivity contribution in [2.24, 2.45) is 4.99 Å². The summed E-state index contributed by atoms with van der Waals surface area (Å²) in [4.78, 5) is 28.2. The number of ether oxygens (including phenoxy) is 1. The molecule has 0 aliphatic rings. The molecule has 1 amide bonds. The number of hydrogen-bond acceptors (Lipinski definition) is 4. The van der Waals surface area contributed by atoms with Crippen LogP contribution in [-0.2, 0) is 4.79 Å². The monoisotopic (exact) mass is 422 g/mol. The van der Waals surface area contributed by atoms with Crippen LogP contribution in [0.15, 0.2) is 41.4 Å². The van der Waals surface area contributed by atoms with Gasteiger partial charge in [-0.3, -0.25) is 4.79 Å². The highest BCUT2D eigenvalue weighted by Gasteiger charge is 2.22. The number of carboxylic acids is 1. The van der Waals surface area contributed by atoms with Gasteiger partial charge in [-0.05, 0) is 44.2 Å². The van der Waals surface area contributed by atoms with Crippen LogP contribution in [-0.4, -0.2) is 28.2 Å². The van der Waals surface area contributed by atoms with Crippen LogP contribution in [0.2, 0.25) is 5.02 Å². The molecule has 0 aliphatic heterocycles. The zero-order chi connectivity index (χ0) is 20.4. The Morgan fingerprint density at radius 3 is 2.75 bits per heavy atom. The van der Waals surface area contributed by atoms with Crippen molar-refractivity contribution in [1.29, 1.82) is 0 Å². The van der Waals surface area contributed by atoms with Crippen molar-refractivity contribution in [3.8, 4) is 5.75 Å². The van der Waals surface area contributed by atoms with Gasteiger partial charge >= 0.3 is 5.97 Å². The van der Waals surface area contributed by atoms with Crippen LogP contribution in [0.25, 0.3) is 10.2 Å². The van der Waals surface area contributed by atoms with Crippen LogP contribution in [0, 0.1) is 5.82 Å². The molecule has 0 saturated heterocycles. The van der Waals surface area contributed by atoms with E-state index in [9.17, 15) is 19.1 Å². The van der Waals surface area contributed by atoms with Gasteiger partial charge in [-0.2, -0.15) is 4.99 Å². The molecule has 0 fully saturated rings. The van der Waals surface area contributed by atoms with Gasteiger partial charge in [0, 0.05) is 10.6 Å². The van der Waals surface area contributed by atoms with Crippen LogP contribution in [0.4, 0.5) is 4.39 Å². The molecule has 6 nitrogen and oxygen atoms in total. The van der Waals surface area contributed by atoms with E-state index in [1.54, 1.807) is 31.2 Å². The normalized spacial score (nSPS) is 12.9. The van der Waals surface area contributed by atoms with Crippen LogP contribution < -0.4 is 9.54 Å². The number of nitrogens with zero attached hydrogens (tertiary/aromatic N) is 2. The molecule has 2 aromatic carbocycles. The van der Waals surface area contributed by atoms with Gasteiger partial charge < -0.3 is 14.4 Å². The second-order valence-corrected chi connectivity index (χ2v) is 7.27. The van der Waals surface area contributed by atoms with Crippen molar-refractivity contribution in [3.05, 3.63) is 57.6 Å². The van der Waals surface area contributed by atoms with Gasteiger partial charge in [0.25, 0.3) is 5.91 Å². The van der Waals surface area contributed by atoms with Crippen LogP contribution in [0.5, 0.6) is 5.75 Å². The largest absolute Gasteiger partial charge is 0.491 e. The van der Waals surface area contributed by atoms with Crippen LogP contribution >= 0.6 is 22.9 Å². The second-order valence-electron chi connectivity index (χ2n) is 5.86. The number of carbonyl (C=O) groups excluding carboxylic acids is 1. The number of aromatic nitrogens is 1. The molecule has 0 spiro atoms. The first-order chi connectivity index (χ1) is 13.3. The minimum absolute atomic E-state index is 0.0547. The average Bonchev–Trinajstić information content (AvgIpc) is 3.02. The Balaban J connectivity index is 2.25. The van der Waals surface area contributed by atoms with Gasteiger partial charge in [-0.1, -0.05) is 29.0 Å². The molecule has 0 aliphatic carbocycles. The Bertz CT molecular complexity index is 1140. The van der Waals surface area contributed by atoms with Crippen LogP contribution in [0.1, 0.15) is 30.2 Å². The number of hydrogen-bond donors (Lipinski definition) is 1. The van der Waals surface area contributed by atoms with Crippen molar-refractivity contribution in [3.63, 3.8) is 0 Å². The Labute approximate surface area is 168 Å². The maximum Gasteiger partial charge on any atom is 0.326 e. The molecule has 3 aromatic rings. The van der Waals surface area contributed by atoms with E-state index in [-0.39, 0.29) is 27.4 Å². The van der Waals surface area contributed by atoms with E-state index in [4.69, 9.17) is 16.3 Å². The minimum atomic E-state index is -1.13. The lowest BCUT2D eigenvalue weighted by Crippen LogP contribution is -2.25. The number of fused-ring (bicyclic) bond motifs is 1. The molecule has 1 unspecified atom stereocenters. The minimum Gasteiger partial charge on any atom is -0.491 e. The third-order valence-corrected chi connectivity index (χ3v) is 5.31. The number of amides is 1. The van der Waals surface area contributed by atoms with Gasteiger partial charge in [0.15, 0.2) is 16.4 Å². The number of carboxylic acid groups (broad SMARTS) is 1. The smallest absolute Gasteiger partial charge is 0.326 e. The summed E-state index contributed by atoms with van der Waals surface area (Å²) in [5, 5.41) is 9.83. The Hall–Kier alpha value is -2.71. The third kappa shape index (κ3) is 3.79. The summed E-state index contributed by atoms with van der Waals surface area (Å²) in [5.74, 6) is -2.30. The lowest BCUT2D eigenvalue weighted by Gasteiger charge is -2.11. The number of carbonyl (C=O) groups is 2. The quantitative estimate of drug-likeness (QED) is 0.665. The standard InChI is InChI=1S/C19H16ClFN2O4S/c1-3-27-14-8-7-13-16(15(14)21)28-19(23(13)10(2)18(25)26)22-17(24)11-5-4-6-12(20)9-11/h4-10H,3H2,1-2H3,(H,25,26). The predicted octanol–water partition coefficient (Wildman–Crippen LogP) is 4.28. The predicted molar refractivity (Wildman–Crippen MR) is 105 cm³/mol. The zero-order valence-electron chi connectivity index (χ0n) is 15.0. The molecule has 0 bridgehead atoms. The molecule has 1 atom stereocenters. The topological polar surface area (TPSA) is 80.9 Å². The van der Waals surface area contributed by atoms with Crippen molar-refractivity contribution in [1.82, 2.24) is 4.57 Å². The molecule has 9 heteroatoms. The fourth-order valence-corrected chi connectivity index (χ4v) is 3.98. The Kier molecular flexibility index (Phi) is 5.81. The van der Waals surface area contributed by atoms with Crippen LogP contribution in [0.3, 0.4) is 0 Å². The first-order valence-corrected chi connectivity index (χ1v) is 9.56. The van der Waals surface area contributed by atoms with E-state index >= 15 is 0 Å². The van der Waals surface area contributed by atoms with Gasteiger partial charge in [0.2, 0.25) is 0 Å². The van der Waals surface area contributed by atoms with E-state index in [0.717, 1.165) is 11.3 Å². The van der Waals surface area contributed by atoms with Crippen molar-refractivity contribution in [2.75, 3.05) is 6.61 Å². The van der Waals surface area contributed by atoms with Gasteiger partial charge in [0.1, 0.15) is 6.04 Å². The lowest BCUT2D eigenvalue weighted by molar-refractivity contribution is -0.140. The summed E-state index contributed by atoms with van der Waals surface area (Å²) >= 11 is 6.80. The maximum absolute atomic E-state index is 14.8. The van der Waals surface area contributed by atoms with Crippen molar-refractivity contribution >= 4 is 45.0 Å². The van der Waals surface area contributed by atoms with Gasteiger partial charge in [-0.25, -0.2) is 9.18 Å². The third-order valence-electron chi connectivity index (χ3n) is 4.01. The summed E-state index contributed by atoms with van der Waals surface area (Å²) in [7, 11) is 0. The van der Waals surface area contributed by atoms with E-state index in [1.165, 1.54) is 23.6 Å². The Morgan fingerprint density at radius 2 is 2.11 bits per heavy atom. The summed E-state index contributed by atoms with van der Waals surface area (Å²) in [6.45, 7) is 3.45. The highest BCUT2D eigenvalue weighted by Crippen LogP contribution is 2.30. The number of benzene rings is 2. The first kappa shape index (κ1) is 20.0. The summed E-state index contributed by atoms with van der Waals surface area (Å²) < 4.78 is 21.6. The number of thiazole rings is 1. The second kappa shape index (κ2) is 8.12. The molecule has 0 radical (unpaired) electrons. The number of halogens is 2.